The van der Waals surface area contributed by atoms with Crippen LogP contribution in [0.4, 0.5) is 0 Å². The molecule has 0 radical (unpaired) electrons. The zero-order valence-corrected chi connectivity index (χ0v) is 9.78. The highest BCUT2D eigenvalue weighted by Gasteiger charge is 2.14. The molecule has 0 fully saturated rings. The summed E-state index contributed by atoms with van der Waals surface area (Å²) in [6.45, 7) is 0. The first-order chi connectivity index (χ1) is 9.16. The predicted molar refractivity (Wildman–Crippen MR) is 70.0 cm³/mol. The van der Waals surface area contributed by atoms with Gasteiger partial charge in [-0.15, -0.1) is 0 Å². The van der Waals surface area contributed by atoms with Crippen molar-refractivity contribution in [1.29, 1.82) is 0 Å². The SMILES string of the molecule is Oc1ccc(-c2cnc3ccccc3n2)c(O)c1O. The van der Waals surface area contributed by atoms with E-state index >= 15 is 0 Å². The number of aromatic hydroxyl groups is 3. The average molecular weight is 254 g/mol. The van der Waals surface area contributed by atoms with E-state index in [0.717, 1.165) is 5.52 Å². The van der Waals surface area contributed by atoms with Gasteiger partial charge in [-0.1, -0.05) is 12.1 Å². The fourth-order valence-electron chi connectivity index (χ4n) is 1.86. The molecule has 0 aliphatic carbocycles. The van der Waals surface area contributed by atoms with Crippen LogP contribution in [0.15, 0.2) is 42.6 Å². The van der Waals surface area contributed by atoms with E-state index in [2.05, 4.69) is 9.97 Å². The Kier molecular flexibility index (Phi) is 2.45. The van der Waals surface area contributed by atoms with Crippen molar-refractivity contribution in [2.75, 3.05) is 0 Å². The van der Waals surface area contributed by atoms with Gasteiger partial charge in [-0.2, -0.15) is 0 Å². The Bertz CT molecular complexity index is 772. The second-order valence-electron chi connectivity index (χ2n) is 4.07. The van der Waals surface area contributed by atoms with Gasteiger partial charge in [-0.05, 0) is 24.3 Å². The Labute approximate surface area is 108 Å². The van der Waals surface area contributed by atoms with Crippen LogP contribution >= 0.6 is 0 Å². The minimum absolute atomic E-state index is 0.313. The summed E-state index contributed by atoms with van der Waals surface area (Å²) in [5.74, 6) is -1.35. The molecular formula is C14H10N2O3. The molecule has 3 N–H and O–H groups in total. The monoisotopic (exact) mass is 254 g/mol. The molecule has 1 aromatic heterocycles. The van der Waals surface area contributed by atoms with E-state index in [1.165, 1.54) is 18.3 Å². The molecule has 5 heteroatoms. The fraction of sp³-hybridized carbons (Fsp3) is 0. The van der Waals surface area contributed by atoms with Gasteiger partial charge in [0.15, 0.2) is 11.5 Å². The molecule has 3 rings (SSSR count). The first-order valence-corrected chi connectivity index (χ1v) is 5.63. The molecule has 0 aliphatic rings. The number of fused-ring (bicyclic) bond motifs is 1. The third-order valence-electron chi connectivity index (χ3n) is 2.85. The molecule has 0 bridgehead atoms. The van der Waals surface area contributed by atoms with Gasteiger partial charge >= 0.3 is 0 Å². The number of aromatic nitrogens is 2. The van der Waals surface area contributed by atoms with E-state index < -0.39 is 11.5 Å². The zero-order valence-electron chi connectivity index (χ0n) is 9.78. The molecule has 0 saturated carbocycles. The first-order valence-electron chi connectivity index (χ1n) is 5.63. The van der Waals surface area contributed by atoms with Crippen LogP contribution in [0.25, 0.3) is 22.3 Å². The summed E-state index contributed by atoms with van der Waals surface area (Å²) in [5.41, 5.74) is 2.17. The molecule has 0 saturated heterocycles. The van der Waals surface area contributed by atoms with Gasteiger partial charge in [0.05, 0.1) is 22.9 Å². The minimum Gasteiger partial charge on any atom is -0.504 e. The predicted octanol–water partition coefficient (Wildman–Crippen LogP) is 2.41. The smallest absolute Gasteiger partial charge is 0.200 e. The zero-order chi connectivity index (χ0) is 13.4. The van der Waals surface area contributed by atoms with Gasteiger partial charge in [-0.3, -0.25) is 4.98 Å². The van der Waals surface area contributed by atoms with E-state index in [9.17, 15) is 15.3 Å². The van der Waals surface area contributed by atoms with E-state index in [4.69, 9.17) is 0 Å². The van der Waals surface area contributed by atoms with Crippen molar-refractivity contribution in [2.45, 2.75) is 0 Å². The molecule has 1 heterocycles. The summed E-state index contributed by atoms with van der Waals surface area (Å²) < 4.78 is 0. The number of para-hydroxylation sites is 2. The van der Waals surface area contributed by atoms with E-state index in [1.54, 1.807) is 0 Å². The molecule has 19 heavy (non-hydrogen) atoms. The third kappa shape index (κ3) is 1.81. The molecule has 0 spiro atoms. The number of nitrogens with zero attached hydrogens (tertiary/aromatic N) is 2. The number of phenolic OH excluding ortho intramolecular Hbond substituents is 3. The fourth-order valence-corrected chi connectivity index (χ4v) is 1.86. The van der Waals surface area contributed by atoms with Crippen LogP contribution in [0.5, 0.6) is 17.2 Å². The normalized spacial score (nSPS) is 10.7. The highest BCUT2D eigenvalue weighted by Crippen LogP contribution is 2.41. The van der Waals surface area contributed by atoms with Crippen LogP contribution in [-0.2, 0) is 0 Å². The lowest BCUT2D eigenvalue weighted by Crippen LogP contribution is -1.89. The average Bonchev–Trinajstić information content (AvgIpc) is 2.44. The standard InChI is InChI=1S/C14H10N2O3/c17-12-6-5-8(13(18)14(12)19)11-7-15-9-3-1-2-4-10(9)16-11/h1-7,17-19H. The van der Waals surface area contributed by atoms with Crippen molar-refractivity contribution >= 4 is 11.0 Å². The Morgan fingerprint density at radius 3 is 2.32 bits per heavy atom. The second-order valence-corrected chi connectivity index (χ2v) is 4.07. The quantitative estimate of drug-likeness (QED) is 0.580. The van der Waals surface area contributed by atoms with Crippen molar-refractivity contribution in [2.24, 2.45) is 0 Å². The lowest BCUT2D eigenvalue weighted by molar-refractivity contribution is 0.369. The molecule has 5 nitrogen and oxygen atoms in total. The summed E-state index contributed by atoms with van der Waals surface area (Å²) in [6, 6.07) is 10.1. The van der Waals surface area contributed by atoms with Crippen molar-refractivity contribution in [3.8, 4) is 28.5 Å². The minimum atomic E-state index is -0.563. The van der Waals surface area contributed by atoms with Crippen LogP contribution in [0.2, 0.25) is 0 Å². The number of rotatable bonds is 1. The van der Waals surface area contributed by atoms with E-state index in [0.29, 0.717) is 16.8 Å². The van der Waals surface area contributed by atoms with Gasteiger partial charge < -0.3 is 15.3 Å². The highest BCUT2D eigenvalue weighted by atomic mass is 16.3. The van der Waals surface area contributed by atoms with Crippen LogP contribution in [0, 0.1) is 0 Å². The maximum Gasteiger partial charge on any atom is 0.200 e. The molecule has 0 amide bonds. The maximum absolute atomic E-state index is 9.83. The Hall–Kier alpha value is -2.82. The Morgan fingerprint density at radius 1 is 0.789 bits per heavy atom. The van der Waals surface area contributed by atoms with Crippen LogP contribution in [0.3, 0.4) is 0 Å². The highest BCUT2D eigenvalue weighted by molar-refractivity contribution is 5.79. The number of phenols is 3. The van der Waals surface area contributed by atoms with Gasteiger partial charge in [0.1, 0.15) is 0 Å². The lowest BCUT2D eigenvalue weighted by Gasteiger charge is -2.07. The Balaban J connectivity index is 2.22. The van der Waals surface area contributed by atoms with E-state index in [-0.39, 0.29) is 5.75 Å². The molecule has 0 aliphatic heterocycles. The van der Waals surface area contributed by atoms with Crippen molar-refractivity contribution in [3.05, 3.63) is 42.6 Å². The molecular weight excluding hydrogens is 244 g/mol. The molecule has 0 unspecified atom stereocenters. The van der Waals surface area contributed by atoms with Crippen molar-refractivity contribution < 1.29 is 15.3 Å². The third-order valence-corrected chi connectivity index (χ3v) is 2.85. The van der Waals surface area contributed by atoms with Crippen LogP contribution in [-0.4, -0.2) is 25.3 Å². The molecule has 94 valence electrons. The summed E-state index contributed by atoms with van der Waals surface area (Å²) in [6.07, 6.45) is 1.51. The van der Waals surface area contributed by atoms with Crippen LogP contribution in [0.1, 0.15) is 0 Å². The van der Waals surface area contributed by atoms with Crippen molar-refractivity contribution in [3.63, 3.8) is 0 Å². The molecule has 3 aromatic rings. The van der Waals surface area contributed by atoms with Crippen LogP contribution < -0.4 is 0 Å². The number of benzene rings is 2. The largest absolute Gasteiger partial charge is 0.504 e. The van der Waals surface area contributed by atoms with Gasteiger partial charge in [0.25, 0.3) is 0 Å². The maximum atomic E-state index is 9.83. The second kappa shape index (κ2) is 4.13. The summed E-state index contributed by atoms with van der Waals surface area (Å²) in [5, 5.41) is 28.6. The topological polar surface area (TPSA) is 86.5 Å². The Morgan fingerprint density at radius 2 is 1.53 bits per heavy atom. The molecule has 0 atom stereocenters. The van der Waals surface area contributed by atoms with Gasteiger partial charge in [-0.25, -0.2) is 4.98 Å². The summed E-state index contributed by atoms with van der Waals surface area (Å²) in [7, 11) is 0. The van der Waals surface area contributed by atoms with Crippen molar-refractivity contribution in [1.82, 2.24) is 9.97 Å². The summed E-state index contributed by atoms with van der Waals surface area (Å²) >= 11 is 0. The molecule has 2 aromatic carbocycles. The van der Waals surface area contributed by atoms with Gasteiger partial charge in [0.2, 0.25) is 5.75 Å². The first kappa shape index (κ1) is 11.3. The number of hydrogen-bond donors (Lipinski definition) is 3. The lowest BCUT2D eigenvalue weighted by atomic mass is 10.1. The number of hydrogen-bond acceptors (Lipinski definition) is 5. The van der Waals surface area contributed by atoms with Gasteiger partial charge in [0, 0.05) is 5.56 Å². The summed E-state index contributed by atoms with van der Waals surface area (Å²) in [4.78, 5) is 8.59. The van der Waals surface area contributed by atoms with E-state index in [1.807, 2.05) is 24.3 Å².